The van der Waals surface area contributed by atoms with Crippen LogP contribution in [0, 0.1) is 35.5 Å². The van der Waals surface area contributed by atoms with Crippen molar-refractivity contribution >= 4 is 87.5 Å². The van der Waals surface area contributed by atoms with Crippen LogP contribution in [0.3, 0.4) is 0 Å². The molecule has 12 heteroatoms. The minimum Gasteiger partial charge on any atom is -0.462 e. The van der Waals surface area contributed by atoms with Crippen molar-refractivity contribution in [3.8, 4) is 0 Å². The van der Waals surface area contributed by atoms with Gasteiger partial charge in [0.1, 0.15) is 0 Å². The van der Waals surface area contributed by atoms with Crippen LogP contribution in [0.5, 0.6) is 0 Å². The molecular weight excluding hydrogens is 1040 g/mol. The van der Waals surface area contributed by atoms with Crippen molar-refractivity contribution in [2.24, 2.45) is 35.5 Å². The third-order valence-corrected chi connectivity index (χ3v) is 17.5. The molecule has 2 heterocycles. The predicted molar refractivity (Wildman–Crippen MR) is 252 cm³/mol. The lowest BCUT2D eigenvalue weighted by Crippen LogP contribution is -2.55. The molecule has 10 rings (SSSR count). The molecule has 6 aliphatic rings. The highest BCUT2D eigenvalue weighted by Crippen LogP contribution is 2.62. The molecule has 0 unspecified atom stereocenters. The van der Waals surface area contributed by atoms with Gasteiger partial charge in [0.15, 0.2) is 0 Å². The number of carbonyl (C=O) groups excluding carboxylic acids is 4. The first-order valence-corrected chi connectivity index (χ1v) is 25.2. The maximum absolute atomic E-state index is 13.6. The molecule has 4 aromatic rings. The minimum absolute atomic E-state index is 0.119. The zero-order valence-corrected chi connectivity index (χ0v) is 40.8. The zero-order chi connectivity index (χ0) is 43.2. The van der Waals surface area contributed by atoms with Gasteiger partial charge in [-0.25, -0.2) is 9.59 Å². The van der Waals surface area contributed by atoms with Crippen LogP contribution >= 0.6 is 63.7 Å². The first-order valence-electron chi connectivity index (χ1n) is 22.0. The Bertz CT molecular complexity index is 2130. The molecule has 6 fully saturated rings. The van der Waals surface area contributed by atoms with Crippen LogP contribution in [0.1, 0.15) is 106 Å². The van der Waals surface area contributed by atoms with Crippen molar-refractivity contribution in [2.75, 3.05) is 26.3 Å². The quantitative estimate of drug-likeness (QED) is 0.163. The maximum atomic E-state index is 13.6. The number of likely N-dealkylation sites (tertiary alicyclic amines) is 2. The van der Waals surface area contributed by atoms with E-state index in [4.69, 9.17) is 9.47 Å². The molecule has 8 nitrogen and oxygen atoms in total. The van der Waals surface area contributed by atoms with Gasteiger partial charge < -0.3 is 19.3 Å². The van der Waals surface area contributed by atoms with Crippen LogP contribution in [0.2, 0.25) is 0 Å². The van der Waals surface area contributed by atoms with E-state index in [9.17, 15) is 19.2 Å². The Morgan fingerprint density at radius 2 is 0.694 bits per heavy atom. The zero-order valence-electron chi connectivity index (χ0n) is 34.5. The highest BCUT2D eigenvalue weighted by Gasteiger charge is 2.66. The fourth-order valence-corrected chi connectivity index (χ4v) is 14.0. The molecule has 2 saturated heterocycles. The Kier molecular flexibility index (Phi) is 12.9. The predicted octanol–water partition coefficient (Wildman–Crippen LogP) is 12.2. The molecule has 2 aliphatic heterocycles. The largest absolute Gasteiger partial charge is 0.462 e. The summed E-state index contributed by atoms with van der Waals surface area (Å²) in [4.78, 5) is 56.7. The molecule has 4 aliphatic carbocycles. The summed E-state index contributed by atoms with van der Waals surface area (Å²) in [5.41, 5.74) is 2.27. The number of hydrogen-bond acceptors (Lipinski definition) is 6. The number of halogens is 4. The van der Waals surface area contributed by atoms with Crippen molar-refractivity contribution in [3.05, 3.63) is 137 Å². The number of esters is 2. The lowest BCUT2D eigenvalue weighted by Gasteiger charge is -2.44. The van der Waals surface area contributed by atoms with Crippen LogP contribution in [-0.2, 0) is 9.47 Å². The molecule has 8 atom stereocenters. The van der Waals surface area contributed by atoms with Gasteiger partial charge in [-0.2, -0.15) is 0 Å². The summed E-state index contributed by atoms with van der Waals surface area (Å²) in [6.07, 6.45) is 11.0. The van der Waals surface area contributed by atoms with Crippen LogP contribution in [0.25, 0.3) is 0 Å². The first kappa shape index (κ1) is 43.9. The van der Waals surface area contributed by atoms with Crippen LogP contribution in [-0.4, -0.2) is 70.9 Å². The highest BCUT2D eigenvalue weighted by atomic mass is 79.9. The van der Waals surface area contributed by atoms with Crippen molar-refractivity contribution in [2.45, 2.75) is 75.3 Å². The Balaban J connectivity index is 0.000000158. The normalized spacial score (nSPS) is 29.0. The van der Waals surface area contributed by atoms with E-state index in [1.807, 2.05) is 72.8 Å². The Morgan fingerprint density at radius 1 is 0.419 bits per heavy atom. The van der Waals surface area contributed by atoms with Crippen LogP contribution in [0.4, 0.5) is 0 Å². The third kappa shape index (κ3) is 7.95. The van der Waals surface area contributed by atoms with Crippen LogP contribution in [0.15, 0.2) is 115 Å². The lowest BCUT2D eigenvalue weighted by molar-refractivity contribution is 0.00455. The van der Waals surface area contributed by atoms with Crippen molar-refractivity contribution in [3.63, 3.8) is 0 Å². The molecule has 0 N–H and O–H groups in total. The van der Waals surface area contributed by atoms with E-state index in [1.165, 1.54) is 25.7 Å². The number of carbonyl (C=O) groups is 4. The van der Waals surface area contributed by atoms with Crippen LogP contribution < -0.4 is 0 Å². The van der Waals surface area contributed by atoms with E-state index in [2.05, 4.69) is 73.5 Å². The average Bonchev–Trinajstić information content (AvgIpc) is 4.13. The van der Waals surface area contributed by atoms with E-state index in [1.54, 1.807) is 24.3 Å². The molecule has 0 aromatic heterocycles. The first-order chi connectivity index (χ1) is 30.0. The maximum Gasteiger partial charge on any atom is 0.338 e. The van der Waals surface area contributed by atoms with E-state index in [0.29, 0.717) is 48.0 Å². The van der Waals surface area contributed by atoms with Gasteiger partial charge in [-0.3, -0.25) is 9.59 Å². The molecule has 62 heavy (non-hydrogen) atoms. The number of rotatable bonds is 8. The summed E-state index contributed by atoms with van der Waals surface area (Å²) in [5, 5.41) is 0. The lowest BCUT2D eigenvalue weighted by atomic mass is 9.76. The van der Waals surface area contributed by atoms with Gasteiger partial charge in [-0.15, -0.1) is 0 Å². The summed E-state index contributed by atoms with van der Waals surface area (Å²) in [7, 11) is 0. The van der Waals surface area contributed by atoms with Crippen molar-refractivity contribution in [1.29, 1.82) is 0 Å². The summed E-state index contributed by atoms with van der Waals surface area (Å²) < 4.78 is 15.4. The second-order valence-corrected chi connectivity index (χ2v) is 21.6. The fourth-order valence-electron chi connectivity index (χ4n) is 13.0. The van der Waals surface area contributed by atoms with Gasteiger partial charge in [-0.05, 0) is 185 Å². The smallest absolute Gasteiger partial charge is 0.338 e. The number of hydrogen-bond donors (Lipinski definition) is 0. The second-order valence-electron chi connectivity index (χ2n) is 18.0. The number of benzene rings is 4. The Morgan fingerprint density at radius 3 is 1.02 bits per heavy atom. The fraction of sp³-hybridized carbons (Fsp3) is 0.440. The van der Waals surface area contributed by atoms with Gasteiger partial charge in [0.05, 0.1) is 35.4 Å². The Labute approximate surface area is 397 Å². The van der Waals surface area contributed by atoms with Gasteiger partial charge in [-0.1, -0.05) is 63.7 Å². The number of ether oxygens (including phenoxy) is 2. The second kappa shape index (κ2) is 18.3. The van der Waals surface area contributed by atoms with Crippen molar-refractivity contribution < 1.29 is 28.7 Å². The third-order valence-electron chi connectivity index (χ3n) is 15.4. The van der Waals surface area contributed by atoms with Gasteiger partial charge in [0, 0.05) is 53.9 Å². The van der Waals surface area contributed by atoms with E-state index >= 15 is 0 Å². The monoisotopic (exact) mass is 1090 g/mol. The topological polar surface area (TPSA) is 93.2 Å². The number of amides is 2. The van der Waals surface area contributed by atoms with E-state index < -0.39 is 0 Å². The van der Waals surface area contributed by atoms with Gasteiger partial charge >= 0.3 is 11.9 Å². The Hall–Kier alpha value is -3.32. The molecule has 2 spiro atoms. The summed E-state index contributed by atoms with van der Waals surface area (Å²) >= 11 is 13.7. The average molecular weight is 1090 g/mol. The molecule has 0 radical (unpaired) electrons. The summed E-state index contributed by atoms with van der Waals surface area (Å²) in [5.74, 6) is 2.10. The highest BCUT2D eigenvalue weighted by molar-refractivity contribution is 9.11. The molecular formula is C50H50Br4N2O6. The molecule has 4 saturated carbocycles. The summed E-state index contributed by atoms with van der Waals surface area (Å²) in [6.45, 7) is 2.36. The van der Waals surface area contributed by atoms with Gasteiger partial charge in [0.25, 0.3) is 11.8 Å². The van der Waals surface area contributed by atoms with E-state index in [0.717, 1.165) is 80.6 Å². The molecule has 324 valence electrons. The van der Waals surface area contributed by atoms with Crippen molar-refractivity contribution in [1.82, 2.24) is 9.80 Å². The minimum atomic E-state index is -0.286. The molecule has 4 aromatic carbocycles. The number of nitrogens with zero attached hydrogens (tertiary/aromatic N) is 2. The molecule has 2 amide bonds. The SMILES string of the molecule is O=C(OC[C@@H]1CC[C@H]2CC[C@@H]3CCN(C(=O)c4ccc(Br)cc4)[C@]231)c1ccc(Br)cc1.O=C(OC[C@H]1CC[C@@H]2CC[C@H]3CCN(C(=O)c4ccc(Br)cc4)[C@@]231)c1ccc(Br)cc1. The standard InChI is InChI=1S/2C25H25Br2NO3/c2*26-21-9-1-16(2-10-21)23(29)28-14-13-19-6-5-18-7-8-20(25(18,19)28)15-31-24(30)17-3-11-22(27)12-4-17/h2*1-4,9-12,18-20H,5-8,13-15H2/t2*18-,19-,20+,25-/m10/s1. The summed E-state index contributed by atoms with van der Waals surface area (Å²) in [6, 6.07) is 29.8. The molecule has 0 bridgehead atoms. The van der Waals surface area contributed by atoms with Gasteiger partial charge in [0.2, 0.25) is 0 Å². The van der Waals surface area contributed by atoms with E-state index in [-0.39, 0.29) is 46.7 Å².